The van der Waals surface area contributed by atoms with E-state index in [1.54, 1.807) is 0 Å². The number of rotatable bonds is 10. The molecule has 0 saturated carbocycles. The van der Waals surface area contributed by atoms with Crippen molar-refractivity contribution in [2.75, 3.05) is 50.1 Å². The summed E-state index contributed by atoms with van der Waals surface area (Å²) in [5.74, 6) is -1.19. The molecule has 2 aromatic heterocycles. The Kier molecular flexibility index (Phi) is 7.95. The van der Waals surface area contributed by atoms with Crippen LogP contribution in [-0.2, 0) is 16.1 Å². The van der Waals surface area contributed by atoms with Crippen molar-refractivity contribution in [3.05, 3.63) is 60.6 Å². The monoisotopic (exact) mass is 524 g/mol. The number of carbonyl (C=O) groups excluding carboxylic acids is 1. The minimum absolute atomic E-state index is 0.249. The highest BCUT2D eigenvalue weighted by Crippen LogP contribution is 2.25. The molecule has 0 bridgehead atoms. The topological polar surface area (TPSA) is 119 Å². The number of halogens is 2. The predicted molar refractivity (Wildman–Crippen MR) is 135 cm³/mol. The van der Waals surface area contributed by atoms with Gasteiger partial charge >= 0.3 is 0 Å². The lowest BCUT2D eigenvalue weighted by Crippen LogP contribution is -2.37. The Balaban J connectivity index is 1.17. The minimum Gasteiger partial charge on any atom is -0.493 e. The molecule has 13 heteroatoms. The van der Waals surface area contributed by atoms with E-state index < -0.39 is 17.5 Å². The zero-order chi connectivity index (χ0) is 26.3. The maximum atomic E-state index is 13.8. The standard InChI is InChI=1S/C25H26F2N8O3/c26-19-3-1-4-20(24(19)27)30-23(36)15-35-14-22(32-33-35)31-25-18-6-5-17(13-21(18)28-16-29-25)38-10-2-7-34-8-11-37-12-9-34/h1,3-6,13-14,16H,2,7-12,15H2,(H,30,36)(H,28,29,31). The van der Waals surface area contributed by atoms with Crippen molar-refractivity contribution in [2.24, 2.45) is 0 Å². The van der Waals surface area contributed by atoms with Crippen molar-refractivity contribution in [3.63, 3.8) is 0 Å². The molecule has 1 amide bonds. The molecule has 0 atom stereocenters. The summed E-state index contributed by atoms with van der Waals surface area (Å²) < 4.78 is 39.7. The number of aromatic nitrogens is 5. The zero-order valence-electron chi connectivity index (χ0n) is 20.4. The summed E-state index contributed by atoms with van der Waals surface area (Å²) in [6, 6.07) is 9.12. The molecule has 0 unspecified atom stereocenters. The van der Waals surface area contributed by atoms with Crippen LogP contribution in [0.4, 0.5) is 26.1 Å². The number of ether oxygens (including phenoxy) is 2. The lowest BCUT2D eigenvalue weighted by molar-refractivity contribution is -0.117. The average molecular weight is 525 g/mol. The minimum atomic E-state index is -1.13. The van der Waals surface area contributed by atoms with Gasteiger partial charge in [-0.15, -0.1) is 5.10 Å². The van der Waals surface area contributed by atoms with E-state index in [9.17, 15) is 13.6 Å². The van der Waals surface area contributed by atoms with E-state index in [0.717, 1.165) is 56.5 Å². The van der Waals surface area contributed by atoms with E-state index in [2.05, 4.69) is 35.8 Å². The Bertz CT molecular complexity index is 1410. The summed E-state index contributed by atoms with van der Waals surface area (Å²) in [7, 11) is 0. The van der Waals surface area contributed by atoms with Crippen LogP contribution >= 0.6 is 0 Å². The van der Waals surface area contributed by atoms with Crippen LogP contribution in [0.15, 0.2) is 48.9 Å². The normalized spacial score (nSPS) is 13.9. The smallest absolute Gasteiger partial charge is 0.246 e. The largest absolute Gasteiger partial charge is 0.493 e. The summed E-state index contributed by atoms with van der Waals surface area (Å²) in [4.78, 5) is 23.2. The van der Waals surface area contributed by atoms with Gasteiger partial charge in [-0.1, -0.05) is 11.3 Å². The first kappa shape index (κ1) is 25.4. The zero-order valence-corrected chi connectivity index (χ0v) is 20.4. The van der Waals surface area contributed by atoms with Crippen molar-refractivity contribution in [2.45, 2.75) is 13.0 Å². The first-order chi connectivity index (χ1) is 18.5. The molecule has 0 aliphatic carbocycles. The highest BCUT2D eigenvalue weighted by atomic mass is 19.2. The molecule has 1 aliphatic heterocycles. The van der Waals surface area contributed by atoms with Crippen LogP contribution < -0.4 is 15.4 Å². The number of nitrogens with zero attached hydrogens (tertiary/aromatic N) is 6. The highest BCUT2D eigenvalue weighted by Gasteiger charge is 2.13. The van der Waals surface area contributed by atoms with Crippen molar-refractivity contribution in [3.8, 4) is 5.75 Å². The summed E-state index contributed by atoms with van der Waals surface area (Å²) in [5, 5.41) is 14.1. The molecule has 198 valence electrons. The predicted octanol–water partition coefficient (Wildman–Crippen LogP) is 2.98. The summed E-state index contributed by atoms with van der Waals surface area (Å²) in [6.45, 7) is 4.80. The van der Waals surface area contributed by atoms with Crippen molar-refractivity contribution >= 4 is 34.1 Å². The van der Waals surface area contributed by atoms with Crippen molar-refractivity contribution < 1.29 is 23.0 Å². The lowest BCUT2D eigenvalue weighted by atomic mass is 10.2. The van der Waals surface area contributed by atoms with Crippen LogP contribution in [0.1, 0.15) is 6.42 Å². The summed E-state index contributed by atoms with van der Waals surface area (Å²) in [6.07, 6.45) is 3.85. The number of hydrogen-bond donors (Lipinski definition) is 2. The number of hydrogen-bond acceptors (Lipinski definition) is 9. The van der Waals surface area contributed by atoms with Crippen molar-refractivity contribution in [1.29, 1.82) is 0 Å². The van der Waals surface area contributed by atoms with Crippen LogP contribution in [0.25, 0.3) is 10.9 Å². The van der Waals surface area contributed by atoms with Gasteiger partial charge in [-0.25, -0.2) is 23.4 Å². The third-order valence-electron chi connectivity index (χ3n) is 5.92. The molecule has 4 aromatic rings. The van der Waals surface area contributed by atoms with E-state index in [4.69, 9.17) is 9.47 Å². The molecule has 3 heterocycles. The first-order valence-corrected chi connectivity index (χ1v) is 12.1. The summed E-state index contributed by atoms with van der Waals surface area (Å²) >= 11 is 0. The van der Waals surface area contributed by atoms with E-state index in [-0.39, 0.29) is 12.2 Å². The van der Waals surface area contributed by atoms with Gasteiger partial charge in [0.05, 0.1) is 37.2 Å². The van der Waals surface area contributed by atoms with Gasteiger partial charge in [0.25, 0.3) is 0 Å². The van der Waals surface area contributed by atoms with Crippen LogP contribution in [0.3, 0.4) is 0 Å². The molecule has 0 radical (unpaired) electrons. The number of anilines is 3. The van der Waals surface area contributed by atoms with Crippen LogP contribution in [-0.4, -0.2) is 75.2 Å². The quantitative estimate of drug-likeness (QED) is 0.302. The second-order valence-electron chi connectivity index (χ2n) is 8.63. The maximum absolute atomic E-state index is 13.8. The van der Waals surface area contributed by atoms with Gasteiger partial charge in [0.15, 0.2) is 17.5 Å². The maximum Gasteiger partial charge on any atom is 0.246 e. The molecule has 38 heavy (non-hydrogen) atoms. The van der Waals surface area contributed by atoms with Crippen LogP contribution in [0, 0.1) is 11.6 Å². The van der Waals surface area contributed by atoms with Crippen molar-refractivity contribution in [1.82, 2.24) is 29.9 Å². The van der Waals surface area contributed by atoms with Crippen LogP contribution in [0.2, 0.25) is 0 Å². The fourth-order valence-corrected chi connectivity index (χ4v) is 4.02. The number of benzene rings is 2. The number of morpholine rings is 1. The van der Waals surface area contributed by atoms with E-state index >= 15 is 0 Å². The number of amides is 1. The lowest BCUT2D eigenvalue weighted by Gasteiger charge is -2.26. The van der Waals surface area contributed by atoms with E-state index in [0.29, 0.717) is 23.8 Å². The molecule has 1 aliphatic rings. The Morgan fingerprint density at radius 2 is 2.00 bits per heavy atom. The average Bonchev–Trinajstić information content (AvgIpc) is 3.36. The SMILES string of the molecule is O=C(Cn1cc(Nc2ncnc3cc(OCCCN4CCOCC4)ccc23)nn1)Nc1cccc(F)c1F. The molecule has 2 N–H and O–H groups in total. The highest BCUT2D eigenvalue weighted by molar-refractivity contribution is 5.91. The van der Waals surface area contributed by atoms with Gasteiger partial charge in [-0.3, -0.25) is 9.69 Å². The first-order valence-electron chi connectivity index (χ1n) is 12.1. The van der Waals surface area contributed by atoms with Gasteiger partial charge < -0.3 is 20.1 Å². The Labute approximate surface area is 216 Å². The fraction of sp³-hybridized carbons (Fsp3) is 0.320. The van der Waals surface area contributed by atoms with Gasteiger partial charge in [0.2, 0.25) is 5.91 Å². The third-order valence-corrected chi connectivity index (χ3v) is 5.92. The van der Waals surface area contributed by atoms with Gasteiger partial charge in [0, 0.05) is 31.1 Å². The molecule has 1 fully saturated rings. The van der Waals surface area contributed by atoms with Gasteiger partial charge in [-0.05, 0) is 30.7 Å². The number of fused-ring (bicyclic) bond motifs is 1. The Morgan fingerprint density at radius 3 is 2.87 bits per heavy atom. The number of nitrogens with one attached hydrogen (secondary N) is 2. The molecular weight excluding hydrogens is 498 g/mol. The Hall–Kier alpha value is -4.23. The molecule has 0 spiro atoms. The van der Waals surface area contributed by atoms with Crippen LogP contribution in [0.5, 0.6) is 5.75 Å². The second kappa shape index (κ2) is 11.9. The van der Waals surface area contributed by atoms with Gasteiger partial charge in [0.1, 0.15) is 24.4 Å². The molecular formula is C25H26F2N8O3. The number of carbonyl (C=O) groups is 1. The second-order valence-corrected chi connectivity index (χ2v) is 8.63. The molecule has 1 saturated heterocycles. The third kappa shape index (κ3) is 6.36. The summed E-state index contributed by atoms with van der Waals surface area (Å²) in [5.41, 5.74) is 0.443. The van der Waals surface area contributed by atoms with E-state index in [1.165, 1.54) is 29.3 Å². The molecule has 5 rings (SSSR count). The molecule has 2 aromatic carbocycles. The molecule has 11 nitrogen and oxygen atoms in total. The van der Waals surface area contributed by atoms with Gasteiger partial charge in [-0.2, -0.15) is 0 Å². The van der Waals surface area contributed by atoms with E-state index in [1.807, 2.05) is 18.2 Å². The fourth-order valence-electron chi connectivity index (χ4n) is 4.02. The Morgan fingerprint density at radius 1 is 1.13 bits per heavy atom.